The van der Waals surface area contributed by atoms with Gasteiger partial charge in [-0.2, -0.15) is 4.98 Å². The lowest BCUT2D eigenvalue weighted by Gasteiger charge is -2.12. The Morgan fingerprint density at radius 3 is 2.43 bits per heavy atom. The van der Waals surface area contributed by atoms with Crippen molar-refractivity contribution in [2.45, 2.75) is 6.54 Å². The van der Waals surface area contributed by atoms with Gasteiger partial charge in [0.05, 0.1) is 0 Å². The molecule has 0 bridgehead atoms. The van der Waals surface area contributed by atoms with Crippen LogP contribution in [0, 0.1) is 5.82 Å². The fraction of sp³-hybridized carbons (Fsp3) is 0.136. The Kier molecular flexibility index (Phi) is 5.68. The molecule has 30 heavy (non-hydrogen) atoms. The molecule has 6 nitrogen and oxygen atoms in total. The number of nitrogens with one attached hydrogen (secondary N) is 1. The molecular formula is C22H20FN2O4P. The Hall–Kier alpha value is -2.99. The van der Waals surface area contributed by atoms with Crippen molar-refractivity contribution in [1.29, 1.82) is 0 Å². The zero-order chi connectivity index (χ0) is 21.1. The predicted octanol–water partition coefficient (Wildman–Crippen LogP) is 5.36. The molecule has 4 aromatic rings. The van der Waals surface area contributed by atoms with E-state index in [1.165, 1.54) is 26.4 Å². The molecule has 3 aromatic carbocycles. The van der Waals surface area contributed by atoms with Gasteiger partial charge in [-0.15, -0.1) is 0 Å². The monoisotopic (exact) mass is 426 g/mol. The minimum absolute atomic E-state index is 0.0533. The maximum absolute atomic E-state index is 13.2. The largest absolute Gasteiger partial charge is 0.420 e. The molecule has 0 unspecified atom stereocenters. The Labute approximate surface area is 173 Å². The summed E-state index contributed by atoms with van der Waals surface area (Å²) in [5, 5.41) is 5.05. The molecule has 154 valence electrons. The van der Waals surface area contributed by atoms with E-state index in [0.29, 0.717) is 6.54 Å². The topological polar surface area (TPSA) is 73.6 Å². The number of rotatable bonds is 7. The van der Waals surface area contributed by atoms with E-state index in [-0.39, 0.29) is 23.0 Å². The van der Waals surface area contributed by atoms with Crippen LogP contribution in [-0.4, -0.2) is 19.2 Å². The van der Waals surface area contributed by atoms with Crippen LogP contribution in [0.3, 0.4) is 0 Å². The molecule has 0 amide bonds. The lowest BCUT2D eigenvalue weighted by Crippen LogP contribution is -2.14. The second kappa shape index (κ2) is 8.40. The van der Waals surface area contributed by atoms with Crippen LogP contribution in [0.5, 0.6) is 0 Å². The molecule has 8 heteroatoms. The molecule has 0 aliphatic carbocycles. The lowest BCUT2D eigenvalue weighted by atomic mass is 10.0. The van der Waals surface area contributed by atoms with Crippen molar-refractivity contribution in [2.75, 3.05) is 19.5 Å². The van der Waals surface area contributed by atoms with E-state index < -0.39 is 7.60 Å². The molecule has 1 N–H and O–H groups in total. The Balaban J connectivity index is 1.77. The second-order valence-corrected chi connectivity index (χ2v) is 8.69. The lowest BCUT2D eigenvalue weighted by molar-refractivity contribution is 0.286. The molecule has 0 spiro atoms. The predicted molar refractivity (Wildman–Crippen MR) is 114 cm³/mol. The van der Waals surface area contributed by atoms with Crippen LogP contribution >= 0.6 is 7.60 Å². The van der Waals surface area contributed by atoms with Crippen molar-refractivity contribution < 1.29 is 22.4 Å². The number of oxazole rings is 1. The van der Waals surface area contributed by atoms with Crippen LogP contribution in [0.4, 0.5) is 10.3 Å². The van der Waals surface area contributed by atoms with Crippen LogP contribution < -0.4 is 10.8 Å². The first-order valence-corrected chi connectivity index (χ1v) is 10.8. The summed E-state index contributed by atoms with van der Waals surface area (Å²) in [6, 6.07) is 19.6. The van der Waals surface area contributed by atoms with Gasteiger partial charge < -0.3 is 18.8 Å². The summed E-state index contributed by atoms with van der Waals surface area (Å²) >= 11 is 0. The number of halogens is 1. The zero-order valence-corrected chi connectivity index (χ0v) is 17.4. The van der Waals surface area contributed by atoms with Gasteiger partial charge in [-0.1, -0.05) is 48.5 Å². The highest BCUT2D eigenvalue weighted by molar-refractivity contribution is 7.62. The van der Waals surface area contributed by atoms with Gasteiger partial charge in [-0.3, -0.25) is 4.57 Å². The SMILES string of the molecule is COP(=O)(OC)c1nc(-c2cccc3ccccc23)oc1NCc1ccc(F)cc1. The average molecular weight is 426 g/mol. The Morgan fingerprint density at radius 2 is 1.70 bits per heavy atom. The van der Waals surface area contributed by atoms with E-state index in [0.717, 1.165) is 21.9 Å². The van der Waals surface area contributed by atoms with Crippen LogP contribution in [0.1, 0.15) is 5.56 Å². The Bertz CT molecular complexity index is 1210. The number of hydrogen-bond donors (Lipinski definition) is 1. The molecule has 0 aliphatic rings. The van der Waals surface area contributed by atoms with Gasteiger partial charge >= 0.3 is 7.60 Å². The van der Waals surface area contributed by atoms with E-state index in [4.69, 9.17) is 13.5 Å². The third kappa shape index (κ3) is 3.87. The van der Waals surface area contributed by atoms with Crippen molar-refractivity contribution in [3.8, 4) is 11.5 Å². The van der Waals surface area contributed by atoms with E-state index >= 15 is 0 Å². The number of aromatic nitrogens is 1. The summed E-state index contributed by atoms with van der Waals surface area (Å²) in [4.78, 5) is 4.47. The van der Waals surface area contributed by atoms with Gasteiger partial charge in [-0.05, 0) is 34.5 Å². The number of hydrogen-bond acceptors (Lipinski definition) is 6. The van der Waals surface area contributed by atoms with Crippen molar-refractivity contribution in [2.24, 2.45) is 0 Å². The van der Waals surface area contributed by atoms with Crippen LogP contribution in [0.15, 0.2) is 71.1 Å². The van der Waals surface area contributed by atoms with Crippen LogP contribution in [0.25, 0.3) is 22.2 Å². The fourth-order valence-corrected chi connectivity index (χ4v) is 4.25. The minimum atomic E-state index is -3.69. The van der Waals surface area contributed by atoms with E-state index in [1.54, 1.807) is 12.1 Å². The third-order valence-corrected chi connectivity index (χ3v) is 6.52. The molecule has 0 saturated heterocycles. The van der Waals surface area contributed by atoms with Gasteiger partial charge in [-0.25, -0.2) is 4.39 Å². The standard InChI is InChI=1S/C22H20FN2O4P/c1-27-30(26,28-2)22-21(24-14-15-10-12-17(23)13-11-15)29-20(25-22)19-9-5-7-16-6-3-4-8-18(16)19/h3-13,24H,14H2,1-2H3. The molecule has 1 heterocycles. The van der Waals surface area contributed by atoms with Crippen molar-refractivity contribution in [1.82, 2.24) is 4.98 Å². The third-order valence-electron chi connectivity index (χ3n) is 4.74. The van der Waals surface area contributed by atoms with Crippen molar-refractivity contribution in [3.05, 3.63) is 78.1 Å². The summed E-state index contributed by atoms with van der Waals surface area (Å²) < 4.78 is 42.5. The highest BCUT2D eigenvalue weighted by Gasteiger charge is 2.34. The van der Waals surface area contributed by atoms with Crippen LogP contribution in [0.2, 0.25) is 0 Å². The van der Waals surface area contributed by atoms with Gasteiger partial charge in [0.1, 0.15) is 5.82 Å². The zero-order valence-electron chi connectivity index (χ0n) is 16.5. The first-order chi connectivity index (χ1) is 14.5. The molecule has 0 aliphatic heterocycles. The highest BCUT2D eigenvalue weighted by atomic mass is 31.2. The van der Waals surface area contributed by atoms with Crippen LogP contribution in [-0.2, 0) is 20.2 Å². The second-order valence-electron chi connectivity index (χ2n) is 6.54. The fourth-order valence-electron chi connectivity index (χ4n) is 3.17. The van der Waals surface area contributed by atoms with E-state index in [1.807, 2.05) is 42.5 Å². The molecule has 1 aromatic heterocycles. The van der Waals surface area contributed by atoms with Gasteiger partial charge in [0.25, 0.3) is 0 Å². The quantitative estimate of drug-likeness (QED) is 0.401. The van der Waals surface area contributed by atoms with E-state index in [2.05, 4.69) is 10.3 Å². The molecule has 0 fully saturated rings. The summed E-state index contributed by atoms with van der Waals surface area (Å²) in [6.07, 6.45) is 0. The molecule has 0 saturated carbocycles. The summed E-state index contributed by atoms with van der Waals surface area (Å²) in [6.45, 7) is 0.310. The minimum Gasteiger partial charge on any atom is -0.420 e. The number of fused-ring (bicyclic) bond motifs is 1. The maximum Gasteiger partial charge on any atom is 0.384 e. The molecule has 0 atom stereocenters. The summed E-state index contributed by atoms with van der Waals surface area (Å²) in [5.74, 6) is 0.146. The molecule has 0 radical (unpaired) electrons. The van der Waals surface area contributed by atoms with E-state index in [9.17, 15) is 8.96 Å². The smallest absolute Gasteiger partial charge is 0.384 e. The highest BCUT2D eigenvalue weighted by Crippen LogP contribution is 2.48. The molecule has 4 rings (SSSR count). The summed E-state index contributed by atoms with van der Waals surface area (Å²) in [7, 11) is -1.10. The first-order valence-electron chi connectivity index (χ1n) is 9.23. The first kappa shape index (κ1) is 20.3. The van der Waals surface area contributed by atoms with Crippen molar-refractivity contribution >= 4 is 29.7 Å². The molecular weight excluding hydrogens is 406 g/mol. The maximum atomic E-state index is 13.2. The number of anilines is 1. The Morgan fingerprint density at radius 1 is 1.00 bits per heavy atom. The average Bonchev–Trinajstić information content (AvgIpc) is 3.22. The normalized spacial score (nSPS) is 11.7. The van der Waals surface area contributed by atoms with Gasteiger partial charge in [0.15, 0.2) is 0 Å². The van der Waals surface area contributed by atoms with Crippen molar-refractivity contribution in [3.63, 3.8) is 0 Å². The number of nitrogens with zero attached hydrogens (tertiary/aromatic N) is 1. The van der Waals surface area contributed by atoms with Gasteiger partial charge in [0, 0.05) is 26.3 Å². The van der Waals surface area contributed by atoms with Gasteiger partial charge in [0.2, 0.25) is 17.2 Å². The number of benzene rings is 3. The summed E-state index contributed by atoms with van der Waals surface area (Å²) in [5.41, 5.74) is 1.62.